The van der Waals surface area contributed by atoms with Crippen molar-refractivity contribution in [3.05, 3.63) is 42.2 Å². The van der Waals surface area contributed by atoms with Crippen LogP contribution in [0.25, 0.3) is 0 Å². The second kappa shape index (κ2) is 3.83. The fourth-order valence-electron chi connectivity index (χ4n) is 1.14. The molecule has 0 unspecified atom stereocenters. The fourth-order valence-corrected chi connectivity index (χ4v) is 1.14. The van der Waals surface area contributed by atoms with Crippen LogP contribution in [0.1, 0.15) is 5.56 Å². The van der Waals surface area contributed by atoms with Gasteiger partial charge in [0.05, 0.1) is 12.4 Å². The third-order valence-electron chi connectivity index (χ3n) is 1.87. The van der Waals surface area contributed by atoms with Gasteiger partial charge in [-0.2, -0.15) is 5.10 Å². The van der Waals surface area contributed by atoms with Gasteiger partial charge in [-0.25, -0.2) is 4.98 Å². The molecule has 1 heterocycles. The lowest BCUT2D eigenvalue weighted by Crippen LogP contribution is -1.98. The summed E-state index contributed by atoms with van der Waals surface area (Å²) in [6.45, 7) is 2.03. The number of nitrogens with zero attached hydrogens (tertiary/aromatic N) is 3. The van der Waals surface area contributed by atoms with Crippen LogP contribution in [0.4, 0.5) is 11.6 Å². The Morgan fingerprint density at radius 1 is 1.14 bits per heavy atom. The van der Waals surface area contributed by atoms with E-state index in [1.165, 1.54) is 0 Å². The molecule has 70 valence electrons. The van der Waals surface area contributed by atoms with E-state index in [1.807, 2.05) is 31.2 Å². The van der Waals surface area contributed by atoms with Crippen LogP contribution in [0.3, 0.4) is 0 Å². The van der Waals surface area contributed by atoms with Crippen molar-refractivity contribution in [3.63, 3.8) is 0 Å². The van der Waals surface area contributed by atoms with E-state index in [9.17, 15) is 0 Å². The van der Waals surface area contributed by atoms with Gasteiger partial charge in [-0.1, -0.05) is 18.2 Å². The van der Waals surface area contributed by atoms with Gasteiger partial charge in [0.2, 0.25) is 5.95 Å². The molecule has 4 heteroatoms. The highest BCUT2D eigenvalue weighted by atomic mass is 15.2. The average molecular weight is 186 g/mol. The molecule has 1 aromatic heterocycles. The second-order valence-electron chi connectivity index (χ2n) is 2.91. The zero-order valence-corrected chi connectivity index (χ0v) is 7.81. The molecule has 0 amide bonds. The van der Waals surface area contributed by atoms with E-state index >= 15 is 0 Å². The zero-order chi connectivity index (χ0) is 9.80. The van der Waals surface area contributed by atoms with E-state index in [0.29, 0.717) is 5.95 Å². The van der Waals surface area contributed by atoms with Crippen LogP contribution in [0.15, 0.2) is 36.7 Å². The van der Waals surface area contributed by atoms with E-state index in [0.717, 1.165) is 11.3 Å². The van der Waals surface area contributed by atoms with Crippen molar-refractivity contribution in [2.45, 2.75) is 6.92 Å². The summed E-state index contributed by atoms with van der Waals surface area (Å²) in [6, 6.07) is 7.96. The highest BCUT2D eigenvalue weighted by molar-refractivity contribution is 5.57. The van der Waals surface area contributed by atoms with Gasteiger partial charge in [-0.3, -0.25) is 0 Å². The first-order valence-electron chi connectivity index (χ1n) is 4.32. The summed E-state index contributed by atoms with van der Waals surface area (Å²) < 4.78 is 0. The summed E-state index contributed by atoms with van der Waals surface area (Å²) in [5.74, 6) is 0.516. The molecule has 0 atom stereocenters. The van der Waals surface area contributed by atoms with E-state index < -0.39 is 0 Å². The van der Waals surface area contributed by atoms with E-state index in [-0.39, 0.29) is 0 Å². The maximum Gasteiger partial charge on any atom is 0.247 e. The Labute approximate surface area is 82.0 Å². The third kappa shape index (κ3) is 1.85. The third-order valence-corrected chi connectivity index (χ3v) is 1.87. The van der Waals surface area contributed by atoms with Gasteiger partial charge >= 0.3 is 0 Å². The van der Waals surface area contributed by atoms with Crippen LogP contribution in [-0.4, -0.2) is 15.2 Å². The predicted molar refractivity (Wildman–Crippen MR) is 54.3 cm³/mol. The van der Waals surface area contributed by atoms with Gasteiger partial charge < -0.3 is 5.32 Å². The minimum atomic E-state index is 0.516. The molecule has 0 fully saturated rings. The zero-order valence-electron chi connectivity index (χ0n) is 7.81. The summed E-state index contributed by atoms with van der Waals surface area (Å²) in [4.78, 5) is 4.03. The van der Waals surface area contributed by atoms with Crippen LogP contribution < -0.4 is 5.32 Å². The molecule has 0 aliphatic rings. The Morgan fingerprint density at radius 2 is 2.00 bits per heavy atom. The number of hydrogen-bond donors (Lipinski definition) is 1. The summed E-state index contributed by atoms with van der Waals surface area (Å²) in [5.41, 5.74) is 2.15. The quantitative estimate of drug-likeness (QED) is 0.778. The van der Waals surface area contributed by atoms with Crippen LogP contribution in [0.2, 0.25) is 0 Å². The Hall–Kier alpha value is -1.97. The van der Waals surface area contributed by atoms with Crippen molar-refractivity contribution in [1.82, 2.24) is 15.2 Å². The summed E-state index contributed by atoms with van der Waals surface area (Å²) in [5, 5.41) is 10.7. The molecule has 14 heavy (non-hydrogen) atoms. The molecule has 0 saturated heterocycles. The second-order valence-corrected chi connectivity index (χ2v) is 2.91. The Balaban J connectivity index is 2.24. The monoisotopic (exact) mass is 186 g/mol. The summed E-state index contributed by atoms with van der Waals surface area (Å²) >= 11 is 0. The van der Waals surface area contributed by atoms with Crippen LogP contribution in [0, 0.1) is 6.92 Å². The van der Waals surface area contributed by atoms with Gasteiger partial charge in [0.1, 0.15) is 0 Å². The summed E-state index contributed by atoms with van der Waals surface area (Å²) in [7, 11) is 0. The molecule has 0 bridgehead atoms. The predicted octanol–water partition coefficient (Wildman–Crippen LogP) is 1.92. The Morgan fingerprint density at radius 3 is 2.71 bits per heavy atom. The maximum atomic E-state index is 4.03. The molecule has 2 aromatic rings. The number of hydrogen-bond acceptors (Lipinski definition) is 4. The van der Waals surface area contributed by atoms with Gasteiger partial charge in [0, 0.05) is 5.69 Å². The highest BCUT2D eigenvalue weighted by Gasteiger charge is 1.98. The SMILES string of the molecule is Cc1ccccc1Nc1nccnn1. The molecule has 1 aromatic carbocycles. The molecular weight excluding hydrogens is 176 g/mol. The molecule has 0 radical (unpaired) electrons. The lowest BCUT2D eigenvalue weighted by Gasteiger charge is -2.05. The smallest absolute Gasteiger partial charge is 0.247 e. The molecule has 0 spiro atoms. The van der Waals surface area contributed by atoms with Crippen LogP contribution in [-0.2, 0) is 0 Å². The minimum absolute atomic E-state index is 0.516. The lowest BCUT2D eigenvalue weighted by atomic mass is 10.2. The number of anilines is 2. The van der Waals surface area contributed by atoms with Crippen molar-refractivity contribution in [2.75, 3.05) is 5.32 Å². The van der Waals surface area contributed by atoms with Crippen LogP contribution >= 0.6 is 0 Å². The molecule has 2 rings (SSSR count). The van der Waals surface area contributed by atoms with Gasteiger partial charge in [0.25, 0.3) is 0 Å². The fraction of sp³-hybridized carbons (Fsp3) is 0.100. The van der Waals surface area contributed by atoms with Crippen LogP contribution in [0.5, 0.6) is 0 Å². The molecule has 4 nitrogen and oxygen atoms in total. The topological polar surface area (TPSA) is 50.7 Å². The average Bonchev–Trinajstić information content (AvgIpc) is 2.23. The van der Waals surface area contributed by atoms with E-state index in [4.69, 9.17) is 0 Å². The van der Waals surface area contributed by atoms with Crippen molar-refractivity contribution in [1.29, 1.82) is 0 Å². The Bertz CT molecular complexity index is 413. The lowest BCUT2D eigenvalue weighted by molar-refractivity contribution is 0.978. The number of para-hydroxylation sites is 1. The number of benzene rings is 1. The normalized spacial score (nSPS) is 9.79. The first-order chi connectivity index (χ1) is 6.86. The molecule has 0 aliphatic heterocycles. The molecule has 0 saturated carbocycles. The van der Waals surface area contributed by atoms with Gasteiger partial charge in [0.15, 0.2) is 0 Å². The highest BCUT2D eigenvalue weighted by Crippen LogP contribution is 2.15. The van der Waals surface area contributed by atoms with E-state index in [2.05, 4.69) is 20.5 Å². The van der Waals surface area contributed by atoms with Crippen molar-refractivity contribution in [2.24, 2.45) is 0 Å². The van der Waals surface area contributed by atoms with Gasteiger partial charge in [-0.05, 0) is 18.6 Å². The molecular formula is C10H10N4. The number of rotatable bonds is 2. The summed E-state index contributed by atoms with van der Waals surface area (Å²) in [6.07, 6.45) is 3.15. The maximum absolute atomic E-state index is 4.03. The number of aromatic nitrogens is 3. The molecule has 1 N–H and O–H groups in total. The van der Waals surface area contributed by atoms with Gasteiger partial charge in [-0.15, -0.1) is 5.10 Å². The largest absolute Gasteiger partial charge is 0.323 e. The van der Waals surface area contributed by atoms with Crippen molar-refractivity contribution in [3.8, 4) is 0 Å². The Kier molecular flexibility index (Phi) is 2.36. The van der Waals surface area contributed by atoms with E-state index in [1.54, 1.807) is 12.4 Å². The first-order valence-corrected chi connectivity index (χ1v) is 4.32. The standard InChI is InChI=1S/C10H10N4/c1-8-4-2-3-5-9(8)13-10-11-6-7-12-14-10/h2-7H,1H3,(H,11,13,14). The first kappa shape index (κ1) is 8.62. The van der Waals surface area contributed by atoms with Crippen molar-refractivity contribution >= 4 is 11.6 Å². The number of aryl methyl sites for hydroxylation is 1. The number of nitrogens with one attached hydrogen (secondary N) is 1. The molecule has 0 aliphatic carbocycles. The van der Waals surface area contributed by atoms with Crippen molar-refractivity contribution < 1.29 is 0 Å². The minimum Gasteiger partial charge on any atom is -0.323 e.